The molecule has 0 spiro atoms. The number of halogens is 2. The number of allylic oxidation sites excluding steroid dienone is 1. The van der Waals surface area contributed by atoms with Gasteiger partial charge in [0.15, 0.2) is 0 Å². The first kappa shape index (κ1) is 16.2. The second-order valence-corrected chi connectivity index (χ2v) is 6.14. The molecule has 0 amide bonds. The molecule has 0 N–H and O–H groups in total. The first-order valence-corrected chi connectivity index (χ1v) is 7.94. The van der Waals surface area contributed by atoms with E-state index in [0.717, 1.165) is 27.9 Å². The highest BCUT2D eigenvalue weighted by molar-refractivity contribution is 6.30. The fraction of sp³-hybridized carbons (Fsp3) is 0.158. The Balaban J connectivity index is 2.44. The SMILES string of the molecule is CC(C)c1nn2c(Cl)ccc2c(-c2ccc(F)cc2)c1C=CC#N. The van der Waals surface area contributed by atoms with Crippen molar-refractivity contribution in [3.63, 3.8) is 0 Å². The Hall–Kier alpha value is -2.64. The predicted octanol–water partition coefficient (Wildman–Crippen LogP) is 5.45. The summed E-state index contributed by atoms with van der Waals surface area (Å²) in [7, 11) is 0. The van der Waals surface area contributed by atoms with Gasteiger partial charge in [-0.15, -0.1) is 0 Å². The summed E-state index contributed by atoms with van der Waals surface area (Å²) in [5.74, 6) is -0.166. The van der Waals surface area contributed by atoms with Gasteiger partial charge in [0.1, 0.15) is 11.0 Å². The van der Waals surface area contributed by atoms with E-state index < -0.39 is 0 Å². The first-order valence-electron chi connectivity index (χ1n) is 7.56. The molecule has 0 aliphatic rings. The Bertz CT molecular complexity index is 963. The third-order valence-electron chi connectivity index (χ3n) is 3.82. The van der Waals surface area contributed by atoms with Gasteiger partial charge in [-0.05, 0) is 41.8 Å². The van der Waals surface area contributed by atoms with Crippen LogP contribution in [0.2, 0.25) is 5.15 Å². The van der Waals surface area contributed by atoms with Crippen LogP contribution >= 0.6 is 11.6 Å². The van der Waals surface area contributed by atoms with E-state index in [9.17, 15) is 4.39 Å². The molecular weight excluding hydrogens is 325 g/mol. The van der Waals surface area contributed by atoms with Crippen LogP contribution in [-0.4, -0.2) is 9.61 Å². The molecule has 5 heteroatoms. The van der Waals surface area contributed by atoms with Crippen molar-refractivity contribution in [2.45, 2.75) is 19.8 Å². The minimum absolute atomic E-state index is 0.130. The molecule has 120 valence electrons. The number of aromatic nitrogens is 2. The Kier molecular flexibility index (Phi) is 4.37. The minimum atomic E-state index is -0.296. The average molecular weight is 340 g/mol. The van der Waals surface area contributed by atoms with Crippen LogP contribution in [0.1, 0.15) is 31.0 Å². The molecule has 0 bridgehead atoms. The van der Waals surface area contributed by atoms with Crippen molar-refractivity contribution in [2.24, 2.45) is 0 Å². The summed E-state index contributed by atoms with van der Waals surface area (Å²) in [6, 6.07) is 12.0. The number of rotatable bonds is 3. The van der Waals surface area contributed by atoms with Crippen molar-refractivity contribution in [1.82, 2.24) is 9.61 Å². The van der Waals surface area contributed by atoms with E-state index in [-0.39, 0.29) is 11.7 Å². The number of hydrogen-bond acceptors (Lipinski definition) is 2. The molecule has 3 rings (SSSR count). The zero-order valence-corrected chi connectivity index (χ0v) is 14.0. The molecule has 1 aromatic carbocycles. The second kappa shape index (κ2) is 6.46. The average Bonchev–Trinajstić information content (AvgIpc) is 2.93. The van der Waals surface area contributed by atoms with Gasteiger partial charge in [-0.1, -0.05) is 37.6 Å². The van der Waals surface area contributed by atoms with Gasteiger partial charge < -0.3 is 0 Å². The highest BCUT2D eigenvalue weighted by Gasteiger charge is 2.18. The van der Waals surface area contributed by atoms with Crippen molar-refractivity contribution in [3.8, 4) is 17.2 Å². The second-order valence-electron chi connectivity index (χ2n) is 5.75. The Morgan fingerprint density at radius 3 is 2.54 bits per heavy atom. The molecule has 3 aromatic rings. The molecular formula is C19H15ClFN3. The van der Waals surface area contributed by atoms with Gasteiger partial charge in [0.2, 0.25) is 0 Å². The summed E-state index contributed by atoms with van der Waals surface area (Å²) >= 11 is 6.26. The highest BCUT2D eigenvalue weighted by atomic mass is 35.5. The molecule has 3 nitrogen and oxygen atoms in total. The summed E-state index contributed by atoms with van der Waals surface area (Å²) in [4.78, 5) is 0. The van der Waals surface area contributed by atoms with E-state index in [1.807, 2.05) is 26.0 Å². The molecule has 0 saturated carbocycles. The zero-order valence-electron chi connectivity index (χ0n) is 13.3. The monoisotopic (exact) mass is 339 g/mol. The Morgan fingerprint density at radius 2 is 1.92 bits per heavy atom. The van der Waals surface area contributed by atoms with Crippen molar-refractivity contribution in [1.29, 1.82) is 5.26 Å². The Labute approximate surface area is 144 Å². The fourth-order valence-corrected chi connectivity index (χ4v) is 2.95. The summed E-state index contributed by atoms with van der Waals surface area (Å²) in [5.41, 5.74) is 4.21. The Morgan fingerprint density at radius 1 is 1.21 bits per heavy atom. The molecule has 0 aliphatic carbocycles. The largest absolute Gasteiger partial charge is 0.221 e. The van der Waals surface area contributed by atoms with E-state index in [4.69, 9.17) is 16.9 Å². The molecule has 24 heavy (non-hydrogen) atoms. The van der Waals surface area contributed by atoms with E-state index in [1.54, 1.807) is 28.8 Å². The van der Waals surface area contributed by atoms with Crippen LogP contribution in [0.25, 0.3) is 22.7 Å². The fourth-order valence-electron chi connectivity index (χ4n) is 2.76. The zero-order chi connectivity index (χ0) is 17.3. The van der Waals surface area contributed by atoms with Gasteiger partial charge in [-0.25, -0.2) is 8.91 Å². The van der Waals surface area contributed by atoms with Gasteiger partial charge >= 0.3 is 0 Å². The van der Waals surface area contributed by atoms with E-state index >= 15 is 0 Å². The number of nitriles is 1. The van der Waals surface area contributed by atoms with Crippen LogP contribution in [-0.2, 0) is 0 Å². The molecule has 0 fully saturated rings. The van der Waals surface area contributed by atoms with Gasteiger partial charge in [0.05, 0.1) is 17.3 Å². The number of fused-ring (bicyclic) bond motifs is 1. The lowest BCUT2D eigenvalue weighted by molar-refractivity contribution is 0.628. The molecule has 0 aliphatic heterocycles. The van der Waals surface area contributed by atoms with Crippen LogP contribution in [0, 0.1) is 17.1 Å². The molecule has 0 saturated heterocycles. The van der Waals surface area contributed by atoms with Gasteiger partial charge in [-0.3, -0.25) is 0 Å². The van der Waals surface area contributed by atoms with E-state index in [0.29, 0.717) is 5.15 Å². The van der Waals surface area contributed by atoms with Crippen LogP contribution in [0.3, 0.4) is 0 Å². The third kappa shape index (κ3) is 2.79. The first-order chi connectivity index (χ1) is 11.5. The molecule has 2 heterocycles. The lowest BCUT2D eigenvalue weighted by atomic mass is 9.94. The molecule has 0 unspecified atom stereocenters. The normalized spacial score (nSPS) is 11.5. The van der Waals surface area contributed by atoms with Crippen molar-refractivity contribution >= 4 is 23.2 Å². The molecule has 2 aromatic heterocycles. The van der Waals surface area contributed by atoms with Gasteiger partial charge in [-0.2, -0.15) is 10.4 Å². The minimum Gasteiger partial charge on any atom is -0.221 e. The quantitative estimate of drug-likeness (QED) is 0.595. The van der Waals surface area contributed by atoms with Crippen LogP contribution in [0.5, 0.6) is 0 Å². The topological polar surface area (TPSA) is 41.1 Å². The molecule has 0 atom stereocenters. The maximum absolute atomic E-state index is 13.3. The van der Waals surface area contributed by atoms with E-state index in [2.05, 4.69) is 5.10 Å². The van der Waals surface area contributed by atoms with Gasteiger partial charge in [0, 0.05) is 17.2 Å². The lowest BCUT2D eigenvalue weighted by Crippen LogP contribution is -2.06. The van der Waals surface area contributed by atoms with E-state index in [1.165, 1.54) is 18.2 Å². The summed E-state index contributed by atoms with van der Waals surface area (Å²) in [6.07, 6.45) is 3.18. The summed E-state index contributed by atoms with van der Waals surface area (Å²) < 4.78 is 15.0. The summed E-state index contributed by atoms with van der Waals surface area (Å²) in [6.45, 7) is 4.06. The third-order valence-corrected chi connectivity index (χ3v) is 4.11. The van der Waals surface area contributed by atoms with Crippen LogP contribution in [0.15, 0.2) is 42.5 Å². The van der Waals surface area contributed by atoms with Crippen molar-refractivity contribution in [2.75, 3.05) is 0 Å². The number of nitrogens with zero attached hydrogens (tertiary/aromatic N) is 3. The number of hydrogen-bond donors (Lipinski definition) is 0. The van der Waals surface area contributed by atoms with Gasteiger partial charge in [0.25, 0.3) is 0 Å². The van der Waals surface area contributed by atoms with Crippen molar-refractivity contribution < 1.29 is 4.39 Å². The predicted molar refractivity (Wildman–Crippen MR) is 94.3 cm³/mol. The smallest absolute Gasteiger partial charge is 0.131 e. The van der Waals surface area contributed by atoms with Crippen LogP contribution < -0.4 is 0 Å². The summed E-state index contributed by atoms with van der Waals surface area (Å²) in [5, 5.41) is 14.1. The highest BCUT2D eigenvalue weighted by Crippen LogP contribution is 2.35. The molecule has 0 radical (unpaired) electrons. The number of benzene rings is 1. The van der Waals surface area contributed by atoms with Crippen LogP contribution in [0.4, 0.5) is 4.39 Å². The van der Waals surface area contributed by atoms with Crippen molar-refractivity contribution in [3.05, 3.63) is 64.7 Å². The standard InChI is InChI=1S/C19H15ClFN3/c1-12(2)19-15(4-3-11-22)18(13-5-7-14(21)8-6-13)16-9-10-17(20)24(16)23-19/h3-10,12H,1-2H3. The maximum Gasteiger partial charge on any atom is 0.131 e. The lowest BCUT2D eigenvalue weighted by Gasteiger charge is -2.16. The maximum atomic E-state index is 13.3.